The summed E-state index contributed by atoms with van der Waals surface area (Å²) in [4.78, 5) is 22.5. The molecule has 8 heteroatoms. The number of likely N-dealkylation sites (N-methyl/N-ethyl adjacent to an activating group) is 1. The minimum absolute atomic E-state index is 0.0564. The van der Waals surface area contributed by atoms with E-state index in [2.05, 4.69) is 15.8 Å². The Hall–Kier alpha value is -1.84. The topological polar surface area (TPSA) is 100 Å². The molecule has 21 heavy (non-hydrogen) atoms. The summed E-state index contributed by atoms with van der Waals surface area (Å²) in [6.45, 7) is 4.30. The Kier molecular flexibility index (Phi) is 6.92. The van der Waals surface area contributed by atoms with E-state index >= 15 is 0 Å². The van der Waals surface area contributed by atoms with Crippen LogP contribution in [0.1, 0.15) is 19.4 Å². The number of hydrazone groups is 1. The van der Waals surface area contributed by atoms with E-state index in [-0.39, 0.29) is 5.75 Å². The summed E-state index contributed by atoms with van der Waals surface area (Å²) in [5.74, 6) is -1.20. The predicted molar refractivity (Wildman–Crippen MR) is 86.4 cm³/mol. The van der Waals surface area contributed by atoms with Gasteiger partial charge in [-0.1, -0.05) is 0 Å². The number of hydrogen-bond acceptors (Lipinski definition) is 5. The summed E-state index contributed by atoms with van der Waals surface area (Å²) in [7, 11) is 0. The number of benzene rings is 1. The fraction of sp³-hybridized carbons (Fsp3) is 0.308. The first-order valence-electron chi connectivity index (χ1n) is 6.26. The lowest BCUT2D eigenvalue weighted by Crippen LogP contribution is -2.37. The van der Waals surface area contributed by atoms with Crippen molar-refractivity contribution < 1.29 is 19.4 Å². The number of ether oxygens (including phenoxy) is 1. The number of aromatic hydroxyl groups is 1. The van der Waals surface area contributed by atoms with Gasteiger partial charge in [0.1, 0.15) is 0 Å². The normalized spacial score (nSPS) is 10.4. The van der Waals surface area contributed by atoms with Crippen LogP contribution < -0.4 is 15.5 Å². The molecule has 0 radical (unpaired) electrons. The quantitative estimate of drug-likeness (QED) is 0.294. The minimum Gasteiger partial charge on any atom is -0.504 e. The van der Waals surface area contributed by atoms with Gasteiger partial charge in [0.25, 0.3) is 0 Å². The van der Waals surface area contributed by atoms with Crippen LogP contribution in [0.2, 0.25) is 0 Å². The van der Waals surface area contributed by atoms with E-state index in [1.807, 2.05) is 22.6 Å². The maximum atomic E-state index is 11.3. The Balaban J connectivity index is 2.76. The third-order valence-electron chi connectivity index (χ3n) is 2.27. The molecule has 0 heterocycles. The first kappa shape index (κ1) is 17.2. The summed E-state index contributed by atoms with van der Waals surface area (Å²) in [6, 6.07) is 3.25. The van der Waals surface area contributed by atoms with E-state index in [1.54, 1.807) is 26.0 Å². The maximum absolute atomic E-state index is 11.3. The predicted octanol–water partition coefficient (Wildman–Crippen LogP) is 0.982. The molecule has 2 amide bonds. The number of amides is 2. The standard InChI is InChI=1S/C13H16IN3O4/c1-3-15-12(19)13(20)17-16-7-8-5-9(14)11(18)10(6-8)21-4-2/h5-7,18H,3-4H2,1-2H3,(H,15,19)(H,17,20)/b16-7-. The molecular formula is C13H16IN3O4. The number of carbonyl (C=O) groups is 2. The van der Waals surface area contributed by atoms with Crippen LogP contribution in [-0.2, 0) is 9.59 Å². The molecule has 114 valence electrons. The van der Waals surface area contributed by atoms with Crippen molar-refractivity contribution in [1.82, 2.24) is 10.7 Å². The number of rotatable bonds is 5. The zero-order valence-electron chi connectivity index (χ0n) is 11.6. The van der Waals surface area contributed by atoms with Crippen molar-refractivity contribution in [2.75, 3.05) is 13.2 Å². The Morgan fingerprint density at radius 1 is 1.38 bits per heavy atom. The Bertz CT molecular complexity index is 561. The number of hydrogen-bond donors (Lipinski definition) is 3. The number of carbonyl (C=O) groups excluding carboxylic acids is 2. The maximum Gasteiger partial charge on any atom is 0.329 e. The molecule has 3 N–H and O–H groups in total. The van der Waals surface area contributed by atoms with Gasteiger partial charge in [-0.15, -0.1) is 0 Å². The Morgan fingerprint density at radius 3 is 2.71 bits per heavy atom. The molecule has 1 rings (SSSR count). The first-order valence-corrected chi connectivity index (χ1v) is 7.34. The summed E-state index contributed by atoms with van der Waals surface area (Å²) < 4.78 is 5.88. The van der Waals surface area contributed by atoms with Gasteiger partial charge in [-0.05, 0) is 54.1 Å². The third kappa shape index (κ3) is 5.21. The molecule has 0 aliphatic heterocycles. The monoisotopic (exact) mass is 405 g/mol. The van der Waals surface area contributed by atoms with E-state index in [0.717, 1.165) is 0 Å². The second-order valence-electron chi connectivity index (χ2n) is 3.84. The number of halogens is 1. The summed E-state index contributed by atoms with van der Waals surface area (Å²) in [5, 5.41) is 15.8. The highest BCUT2D eigenvalue weighted by Crippen LogP contribution is 2.32. The van der Waals surface area contributed by atoms with Crippen molar-refractivity contribution in [3.63, 3.8) is 0 Å². The van der Waals surface area contributed by atoms with E-state index in [1.165, 1.54) is 6.21 Å². The van der Waals surface area contributed by atoms with Crippen LogP contribution >= 0.6 is 22.6 Å². The zero-order chi connectivity index (χ0) is 15.8. The third-order valence-corrected chi connectivity index (χ3v) is 3.10. The van der Waals surface area contributed by atoms with Crippen molar-refractivity contribution in [1.29, 1.82) is 0 Å². The van der Waals surface area contributed by atoms with Crippen molar-refractivity contribution in [3.8, 4) is 11.5 Å². The summed E-state index contributed by atoms with van der Waals surface area (Å²) in [6.07, 6.45) is 1.36. The van der Waals surface area contributed by atoms with E-state index in [4.69, 9.17) is 4.74 Å². The van der Waals surface area contributed by atoms with Crippen LogP contribution in [0.3, 0.4) is 0 Å². The number of nitrogens with one attached hydrogen (secondary N) is 2. The fourth-order valence-electron chi connectivity index (χ4n) is 1.39. The molecule has 0 atom stereocenters. The van der Waals surface area contributed by atoms with Gasteiger partial charge in [0.15, 0.2) is 11.5 Å². The molecular weight excluding hydrogens is 389 g/mol. The van der Waals surface area contributed by atoms with Crippen LogP contribution in [0.25, 0.3) is 0 Å². The van der Waals surface area contributed by atoms with Gasteiger partial charge in [0.05, 0.1) is 16.4 Å². The molecule has 7 nitrogen and oxygen atoms in total. The van der Waals surface area contributed by atoms with Crippen molar-refractivity contribution in [2.24, 2.45) is 5.10 Å². The van der Waals surface area contributed by atoms with E-state index in [0.29, 0.717) is 28.0 Å². The fourth-order valence-corrected chi connectivity index (χ4v) is 2.02. The molecule has 0 bridgehead atoms. The van der Waals surface area contributed by atoms with Gasteiger partial charge >= 0.3 is 11.8 Å². The molecule has 1 aromatic carbocycles. The van der Waals surface area contributed by atoms with Gasteiger partial charge in [-0.3, -0.25) is 9.59 Å². The lowest BCUT2D eigenvalue weighted by molar-refractivity contribution is -0.139. The molecule has 0 aromatic heterocycles. The van der Waals surface area contributed by atoms with Crippen LogP contribution in [0.5, 0.6) is 11.5 Å². The largest absolute Gasteiger partial charge is 0.504 e. The van der Waals surface area contributed by atoms with Gasteiger partial charge in [-0.2, -0.15) is 5.10 Å². The van der Waals surface area contributed by atoms with Gasteiger partial charge < -0.3 is 15.2 Å². The molecule has 0 aliphatic rings. The second-order valence-corrected chi connectivity index (χ2v) is 5.00. The molecule has 0 unspecified atom stereocenters. The average molecular weight is 405 g/mol. The molecule has 0 fully saturated rings. The molecule has 0 saturated heterocycles. The van der Waals surface area contributed by atoms with E-state index in [9.17, 15) is 14.7 Å². The number of nitrogens with zero attached hydrogens (tertiary/aromatic N) is 1. The lowest BCUT2D eigenvalue weighted by atomic mass is 10.2. The highest BCUT2D eigenvalue weighted by atomic mass is 127. The molecule has 0 saturated carbocycles. The highest BCUT2D eigenvalue weighted by Gasteiger charge is 2.11. The minimum atomic E-state index is -0.841. The number of phenols is 1. The van der Waals surface area contributed by atoms with Crippen LogP contribution in [-0.4, -0.2) is 36.3 Å². The van der Waals surface area contributed by atoms with Crippen LogP contribution in [0.15, 0.2) is 17.2 Å². The van der Waals surface area contributed by atoms with Crippen LogP contribution in [0, 0.1) is 3.57 Å². The van der Waals surface area contributed by atoms with Crippen molar-refractivity contribution >= 4 is 40.6 Å². The SMILES string of the molecule is CCNC(=O)C(=O)N/N=C\c1cc(I)c(O)c(OCC)c1. The molecule has 1 aromatic rings. The van der Waals surface area contributed by atoms with Gasteiger partial charge in [0, 0.05) is 6.54 Å². The average Bonchev–Trinajstić information content (AvgIpc) is 2.44. The number of phenolic OH excluding ortho intramolecular Hbond substituents is 1. The van der Waals surface area contributed by atoms with Crippen molar-refractivity contribution in [2.45, 2.75) is 13.8 Å². The van der Waals surface area contributed by atoms with E-state index < -0.39 is 11.8 Å². The smallest absolute Gasteiger partial charge is 0.329 e. The Labute approximate surface area is 135 Å². The highest BCUT2D eigenvalue weighted by molar-refractivity contribution is 14.1. The first-order chi connectivity index (χ1) is 9.99. The van der Waals surface area contributed by atoms with Crippen LogP contribution in [0.4, 0.5) is 0 Å². The van der Waals surface area contributed by atoms with Gasteiger partial charge in [0.2, 0.25) is 0 Å². The molecule has 0 aliphatic carbocycles. The zero-order valence-corrected chi connectivity index (χ0v) is 13.8. The summed E-state index contributed by atoms with van der Waals surface area (Å²) >= 11 is 1.96. The lowest BCUT2D eigenvalue weighted by Gasteiger charge is -2.08. The molecule has 0 spiro atoms. The van der Waals surface area contributed by atoms with Gasteiger partial charge in [-0.25, -0.2) is 5.43 Å². The summed E-state index contributed by atoms with van der Waals surface area (Å²) in [5.41, 5.74) is 2.74. The van der Waals surface area contributed by atoms with Crippen molar-refractivity contribution in [3.05, 3.63) is 21.3 Å². The second kappa shape index (κ2) is 8.45. The Morgan fingerprint density at radius 2 is 2.10 bits per heavy atom.